The zero-order valence-corrected chi connectivity index (χ0v) is 12.4. The lowest BCUT2D eigenvalue weighted by Crippen LogP contribution is -2.29. The van der Waals surface area contributed by atoms with Crippen molar-refractivity contribution in [1.82, 2.24) is 10.2 Å². The van der Waals surface area contributed by atoms with Crippen LogP contribution in [-0.2, 0) is 0 Å². The second kappa shape index (κ2) is 6.20. The molecule has 0 saturated heterocycles. The first-order valence-corrected chi connectivity index (χ1v) is 7.36. The van der Waals surface area contributed by atoms with E-state index in [-0.39, 0.29) is 5.56 Å². The Labute approximate surface area is 119 Å². The van der Waals surface area contributed by atoms with Crippen LogP contribution in [0.15, 0.2) is 0 Å². The number of carboxylic acids is 1. The first-order valence-electron chi connectivity index (χ1n) is 7.36. The summed E-state index contributed by atoms with van der Waals surface area (Å²) >= 11 is 0. The van der Waals surface area contributed by atoms with Gasteiger partial charge in [0, 0.05) is 6.04 Å². The van der Waals surface area contributed by atoms with Gasteiger partial charge in [-0.25, -0.2) is 4.79 Å². The number of aromatic carboxylic acids is 1. The number of aryl methyl sites for hydroxylation is 1. The molecule has 0 aliphatic heterocycles. The molecule has 0 bridgehead atoms. The third-order valence-electron chi connectivity index (χ3n) is 4.37. The predicted octanol–water partition coefficient (Wildman–Crippen LogP) is 3.17. The van der Waals surface area contributed by atoms with Crippen LogP contribution in [0.4, 0.5) is 5.82 Å². The minimum absolute atomic E-state index is 0.260. The Kier molecular flexibility index (Phi) is 4.57. The quantitative estimate of drug-likeness (QED) is 0.884. The van der Waals surface area contributed by atoms with Crippen molar-refractivity contribution >= 4 is 11.8 Å². The van der Waals surface area contributed by atoms with E-state index in [1.54, 1.807) is 13.8 Å². The van der Waals surface area contributed by atoms with Gasteiger partial charge in [-0.1, -0.05) is 26.2 Å². The van der Waals surface area contributed by atoms with E-state index in [4.69, 9.17) is 0 Å². The van der Waals surface area contributed by atoms with Crippen LogP contribution in [0, 0.1) is 19.8 Å². The molecule has 5 heteroatoms. The predicted molar refractivity (Wildman–Crippen MR) is 78.1 cm³/mol. The van der Waals surface area contributed by atoms with Crippen LogP contribution in [0.3, 0.4) is 0 Å². The summed E-state index contributed by atoms with van der Waals surface area (Å²) in [7, 11) is 0. The minimum Gasteiger partial charge on any atom is -0.478 e. The molecule has 0 radical (unpaired) electrons. The lowest BCUT2D eigenvalue weighted by atomic mass is 9.84. The molecule has 1 saturated carbocycles. The number of hydrogen-bond donors (Lipinski definition) is 2. The molecule has 1 aromatic heterocycles. The summed E-state index contributed by atoms with van der Waals surface area (Å²) in [5.41, 5.74) is 1.62. The molecule has 2 atom stereocenters. The highest BCUT2D eigenvalue weighted by molar-refractivity contribution is 5.94. The fraction of sp³-hybridized carbons (Fsp3) is 0.667. The molecule has 5 nitrogen and oxygen atoms in total. The van der Waals surface area contributed by atoms with Crippen molar-refractivity contribution in [1.29, 1.82) is 0 Å². The van der Waals surface area contributed by atoms with Crippen molar-refractivity contribution in [2.24, 2.45) is 5.92 Å². The normalized spacial score (nSPS) is 22.6. The molecule has 1 aliphatic rings. The molecule has 1 aliphatic carbocycles. The summed E-state index contributed by atoms with van der Waals surface area (Å²) in [6.07, 6.45) is 5.81. The van der Waals surface area contributed by atoms with Crippen molar-refractivity contribution in [2.75, 3.05) is 5.32 Å². The Morgan fingerprint density at radius 3 is 2.75 bits per heavy atom. The number of carboxylic acid groups (broad SMARTS) is 1. The highest BCUT2D eigenvalue weighted by Gasteiger charge is 2.24. The fourth-order valence-corrected chi connectivity index (χ4v) is 2.96. The molecule has 20 heavy (non-hydrogen) atoms. The molecule has 1 aromatic rings. The first kappa shape index (κ1) is 14.8. The summed E-state index contributed by atoms with van der Waals surface area (Å²) in [6.45, 7) is 5.78. The number of nitrogens with zero attached hydrogens (tertiary/aromatic N) is 2. The Hall–Kier alpha value is -1.65. The number of aromatic nitrogens is 2. The van der Waals surface area contributed by atoms with Crippen LogP contribution in [-0.4, -0.2) is 27.3 Å². The molecule has 2 unspecified atom stereocenters. The van der Waals surface area contributed by atoms with Crippen molar-refractivity contribution < 1.29 is 9.90 Å². The second-order valence-corrected chi connectivity index (χ2v) is 5.72. The summed E-state index contributed by atoms with van der Waals surface area (Å²) in [4.78, 5) is 11.4. The second-order valence-electron chi connectivity index (χ2n) is 5.72. The van der Waals surface area contributed by atoms with Crippen LogP contribution < -0.4 is 5.32 Å². The van der Waals surface area contributed by atoms with Crippen molar-refractivity contribution in [3.8, 4) is 0 Å². The van der Waals surface area contributed by atoms with Crippen LogP contribution in [0.2, 0.25) is 0 Å². The zero-order chi connectivity index (χ0) is 14.7. The monoisotopic (exact) mass is 277 g/mol. The van der Waals surface area contributed by atoms with Gasteiger partial charge in [0.1, 0.15) is 5.56 Å². The van der Waals surface area contributed by atoms with Gasteiger partial charge >= 0.3 is 5.97 Å². The lowest BCUT2D eigenvalue weighted by Gasteiger charge is -2.29. The molecule has 2 rings (SSSR count). The highest BCUT2D eigenvalue weighted by Crippen LogP contribution is 2.29. The summed E-state index contributed by atoms with van der Waals surface area (Å²) in [6, 6.07) is 0.309. The maximum atomic E-state index is 11.4. The zero-order valence-electron chi connectivity index (χ0n) is 12.4. The largest absolute Gasteiger partial charge is 0.478 e. The van der Waals surface area contributed by atoms with Crippen LogP contribution in [0.5, 0.6) is 0 Å². The SMILES string of the molecule is CCC1CCCC(Nc2nnc(C)c(C)c2C(=O)O)C1. The molecule has 0 spiro atoms. The number of anilines is 1. The molecule has 1 heterocycles. The Morgan fingerprint density at radius 2 is 2.10 bits per heavy atom. The average molecular weight is 277 g/mol. The molecule has 0 aromatic carbocycles. The van der Waals surface area contributed by atoms with Gasteiger partial charge in [0.25, 0.3) is 0 Å². The average Bonchev–Trinajstić information content (AvgIpc) is 2.43. The van der Waals surface area contributed by atoms with E-state index >= 15 is 0 Å². The molecule has 2 N–H and O–H groups in total. The fourth-order valence-electron chi connectivity index (χ4n) is 2.96. The summed E-state index contributed by atoms with van der Waals surface area (Å²) < 4.78 is 0. The Morgan fingerprint density at radius 1 is 1.35 bits per heavy atom. The maximum Gasteiger partial charge on any atom is 0.339 e. The highest BCUT2D eigenvalue weighted by atomic mass is 16.4. The summed E-state index contributed by atoms with van der Waals surface area (Å²) in [5.74, 6) is 0.210. The van der Waals surface area contributed by atoms with Gasteiger partial charge in [-0.2, -0.15) is 5.10 Å². The maximum absolute atomic E-state index is 11.4. The topological polar surface area (TPSA) is 75.1 Å². The van der Waals surface area contributed by atoms with E-state index in [0.717, 1.165) is 18.8 Å². The molecule has 110 valence electrons. The van der Waals surface area contributed by atoms with Gasteiger partial charge in [-0.15, -0.1) is 5.10 Å². The molecule has 1 fully saturated rings. The van der Waals surface area contributed by atoms with Crippen molar-refractivity contribution in [3.63, 3.8) is 0 Å². The Bertz CT molecular complexity index is 502. The first-order chi connectivity index (χ1) is 9.52. The van der Waals surface area contributed by atoms with Gasteiger partial charge in [0.2, 0.25) is 0 Å². The molecule has 0 amide bonds. The van der Waals surface area contributed by atoms with Gasteiger partial charge < -0.3 is 10.4 Å². The lowest BCUT2D eigenvalue weighted by molar-refractivity contribution is 0.0696. The number of rotatable bonds is 4. The van der Waals surface area contributed by atoms with Crippen LogP contribution in [0.25, 0.3) is 0 Å². The van der Waals surface area contributed by atoms with Crippen LogP contribution in [0.1, 0.15) is 60.6 Å². The standard InChI is InChI=1S/C15H23N3O2/c1-4-11-6-5-7-12(8-11)16-14-13(15(19)20)9(2)10(3)17-18-14/h11-12H,4-8H2,1-3H3,(H,16,18)(H,19,20). The van der Waals surface area contributed by atoms with Gasteiger partial charge in [0.05, 0.1) is 5.69 Å². The van der Waals surface area contributed by atoms with E-state index < -0.39 is 5.97 Å². The smallest absolute Gasteiger partial charge is 0.339 e. The number of nitrogens with one attached hydrogen (secondary N) is 1. The molecular formula is C15H23N3O2. The van der Waals surface area contributed by atoms with E-state index in [1.165, 1.54) is 19.3 Å². The van der Waals surface area contributed by atoms with E-state index in [2.05, 4.69) is 22.4 Å². The third-order valence-corrected chi connectivity index (χ3v) is 4.37. The number of carbonyl (C=O) groups is 1. The summed E-state index contributed by atoms with van der Waals surface area (Å²) in [5, 5.41) is 20.8. The third kappa shape index (κ3) is 3.08. The minimum atomic E-state index is -0.939. The van der Waals surface area contributed by atoms with Gasteiger partial charge in [0.15, 0.2) is 5.82 Å². The van der Waals surface area contributed by atoms with Gasteiger partial charge in [-0.05, 0) is 38.2 Å². The van der Waals surface area contributed by atoms with Crippen LogP contribution >= 0.6 is 0 Å². The Balaban J connectivity index is 2.21. The van der Waals surface area contributed by atoms with E-state index in [9.17, 15) is 9.90 Å². The van der Waals surface area contributed by atoms with Crippen molar-refractivity contribution in [3.05, 3.63) is 16.8 Å². The van der Waals surface area contributed by atoms with E-state index in [0.29, 0.717) is 23.1 Å². The van der Waals surface area contributed by atoms with Gasteiger partial charge in [-0.3, -0.25) is 0 Å². The molecular weight excluding hydrogens is 254 g/mol. The van der Waals surface area contributed by atoms with E-state index in [1.807, 2.05) is 0 Å². The van der Waals surface area contributed by atoms with Crippen molar-refractivity contribution in [2.45, 2.75) is 58.9 Å². The number of hydrogen-bond acceptors (Lipinski definition) is 4.